The topological polar surface area (TPSA) is 78.5 Å². The van der Waals surface area contributed by atoms with Crippen LogP contribution in [0.2, 0.25) is 5.02 Å². The van der Waals surface area contributed by atoms with Crippen LogP contribution in [0, 0.1) is 5.92 Å². The minimum Gasteiger partial charge on any atom is -0.348 e. The second-order valence-electron chi connectivity index (χ2n) is 7.43. The van der Waals surface area contributed by atoms with Gasteiger partial charge in [-0.3, -0.25) is 14.5 Å². The average Bonchev–Trinajstić information content (AvgIpc) is 2.82. The van der Waals surface area contributed by atoms with Crippen LogP contribution in [0.4, 0.5) is 4.79 Å². The number of imide groups is 1. The lowest BCUT2D eigenvalue weighted by Crippen LogP contribution is -2.50. The van der Waals surface area contributed by atoms with Crippen LogP contribution in [0.25, 0.3) is 0 Å². The Kier molecular flexibility index (Phi) is 5.23. The van der Waals surface area contributed by atoms with Crippen LogP contribution < -0.4 is 10.6 Å². The number of benzene rings is 1. The summed E-state index contributed by atoms with van der Waals surface area (Å²) < 4.78 is 0. The fourth-order valence-corrected chi connectivity index (χ4v) is 3.81. The Hall–Kier alpha value is -2.08. The zero-order valence-electron chi connectivity index (χ0n) is 15.0. The normalized spacial score (nSPS) is 26.7. The molecular weight excluding hydrogens is 354 g/mol. The smallest absolute Gasteiger partial charge is 0.325 e. The number of hydrogen-bond donors (Lipinski definition) is 2. The van der Waals surface area contributed by atoms with Crippen molar-refractivity contribution in [3.05, 3.63) is 34.9 Å². The fourth-order valence-electron chi connectivity index (χ4n) is 3.68. The molecule has 7 heteroatoms. The van der Waals surface area contributed by atoms with E-state index in [4.69, 9.17) is 11.6 Å². The van der Waals surface area contributed by atoms with E-state index in [1.54, 1.807) is 12.1 Å². The summed E-state index contributed by atoms with van der Waals surface area (Å²) in [7, 11) is 0. The van der Waals surface area contributed by atoms with Gasteiger partial charge in [0.15, 0.2) is 0 Å². The molecule has 1 saturated heterocycles. The van der Waals surface area contributed by atoms with E-state index in [0.717, 1.165) is 23.3 Å². The first-order chi connectivity index (χ1) is 12.3. The number of nitrogens with zero attached hydrogens (tertiary/aromatic N) is 1. The van der Waals surface area contributed by atoms with Crippen LogP contribution in [0.5, 0.6) is 0 Å². The monoisotopic (exact) mass is 377 g/mol. The Morgan fingerprint density at radius 1 is 1.31 bits per heavy atom. The molecule has 3 rings (SSSR count). The fraction of sp³-hybridized carbons (Fsp3) is 0.526. The zero-order chi connectivity index (χ0) is 18.9. The van der Waals surface area contributed by atoms with Gasteiger partial charge in [0.25, 0.3) is 5.91 Å². The molecule has 26 heavy (non-hydrogen) atoms. The molecule has 2 fully saturated rings. The molecule has 1 aliphatic carbocycles. The largest absolute Gasteiger partial charge is 0.348 e. The molecule has 1 aromatic carbocycles. The van der Waals surface area contributed by atoms with Crippen molar-refractivity contribution in [2.24, 2.45) is 5.92 Å². The third-order valence-electron chi connectivity index (χ3n) is 5.42. The second kappa shape index (κ2) is 7.27. The summed E-state index contributed by atoms with van der Waals surface area (Å²) in [4.78, 5) is 38.4. The number of halogens is 1. The maximum atomic E-state index is 12.8. The summed E-state index contributed by atoms with van der Waals surface area (Å²) in [5.41, 5.74) is 0.0868. The highest BCUT2D eigenvalue weighted by Crippen LogP contribution is 2.36. The number of nitrogens with one attached hydrogen (secondary N) is 2. The summed E-state index contributed by atoms with van der Waals surface area (Å²) in [6.45, 7) is 3.73. The lowest BCUT2D eigenvalue weighted by Gasteiger charge is -2.33. The van der Waals surface area contributed by atoms with Crippen molar-refractivity contribution >= 4 is 29.4 Å². The van der Waals surface area contributed by atoms with Gasteiger partial charge < -0.3 is 10.6 Å². The van der Waals surface area contributed by atoms with E-state index in [9.17, 15) is 14.4 Å². The first-order valence-electron chi connectivity index (χ1n) is 9.00. The molecule has 2 N–H and O–H groups in total. The van der Waals surface area contributed by atoms with Gasteiger partial charge in [-0.15, -0.1) is 0 Å². The van der Waals surface area contributed by atoms with Gasteiger partial charge in [-0.1, -0.05) is 30.7 Å². The number of amides is 4. The molecular formula is C19H24ClN3O3. The molecule has 1 saturated carbocycles. The molecule has 0 radical (unpaired) electrons. The zero-order valence-corrected chi connectivity index (χ0v) is 15.8. The maximum Gasteiger partial charge on any atom is 0.325 e. The van der Waals surface area contributed by atoms with Gasteiger partial charge in [0.05, 0.1) is 6.04 Å². The van der Waals surface area contributed by atoms with Gasteiger partial charge in [-0.05, 0) is 56.2 Å². The van der Waals surface area contributed by atoms with Crippen molar-refractivity contribution in [3.8, 4) is 0 Å². The predicted octanol–water partition coefficient (Wildman–Crippen LogP) is 3.02. The van der Waals surface area contributed by atoms with Gasteiger partial charge in [0.2, 0.25) is 5.91 Å². The van der Waals surface area contributed by atoms with E-state index in [0.29, 0.717) is 23.8 Å². The van der Waals surface area contributed by atoms with Crippen molar-refractivity contribution in [1.29, 1.82) is 0 Å². The predicted molar refractivity (Wildman–Crippen MR) is 98.6 cm³/mol. The maximum absolute atomic E-state index is 12.8. The summed E-state index contributed by atoms with van der Waals surface area (Å²) in [6.07, 6.45) is 3.08. The quantitative estimate of drug-likeness (QED) is 0.791. The van der Waals surface area contributed by atoms with Crippen LogP contribution in [-0.4, -0.2) is 34.8 Å². The van der Waals surface area contributed by atoms with Gasteiger partial charge >= 0.3 is 6.03 Å². The first kappa shape index (κ1) is 18.7. The van der Waals surface area contributed by atoms with Crippen molar-refractivity contribution < 1.29 is 14.4 Å². The molecule has 1 spiro atoms. The lowest BCUT2D eigenvalue weighted by molar-refractivity contribution is -0.136. The third-order valence-corrected chi connectivity index (χ3v) is 5.67. The van der Waals surface area contributed by atoms with Crippen molar-refractivity contribution in [2.75, 3.05) is 6.54 Å². The molecule has 0 bridgehead atoms. The summed E-state index contributed by atoms with van der Waals surface area (Å²) >= 11 is 5.87. The average molecular weight is 378 g/mol. The van der Waals surface area contributed by atoms with Crippen molar-refractivity contribution in [3.63, 3.8) is 0 Å². The molecule has 0 aromatic heterocycles. The van der Waals surface area contributed by atoms with E-state index in [2.05, 4.69) is 17.6 Å². The number of urea groups is 1. The molecule has 2 aliphatic rings. The summed E-state index contributed by atoms with van der Waals surface area (Å²) in [5, 5.41) is 6.28. The minimum absolute atomic E-state index is 0.245. The standard InChI is InChI=1S/C19H24ClN3O3/c1-12-7-9-19(10-8-12)17(25)23(18(26)22-19)11-16(24)21-13(2)14-3-5-15(20)6-4-14/h3-6,12-13H,7-11H2,1-2H3,(H,21,24)(H,22,26)/t12?,13-,19?/m0/s1. The highest BCUT2D eigenvalue weighted by atomic mass is 35.5. The highest BCUT2D eigenvalue weighted by molar-refractivity contribution is 6.30. The van der Waals surface area contributed by atoms with Gasteiger partial charge in [-0.2, -0.15) is 0 Å². The van der Waals surface area contributed by atoms with Crippen LogP contribution in [0.1, 0.15) is 51.1 Å². The molecule has 0 unspecified atom stereocenters. The Labute approximate surface area is 158 Å². The van der Waals surface area contributed by atoms with Crippen molar-refractivity contribution in [2.45, 2.75) is 51.1 Å². The number of hydrogen-bond acceptors (Lipinski definition) is 3. The number of carbonyl (C=O) groups is 3. The van der Waals surface area contributed by atoms with Crippen LogP contribution in [0.15, 0.2) is 24.3 Å². The third kappa shape index (κ3) is 3.70. The molecule has 1 aliphatic heterocycles. The van der Waals surface area contributed by atoms with E-state index in [1.807, 2.05) is 19.1 Å². The Morgan fingerprint density at radius 3 is 2.54 bits per heavy atom. The van der Waals surface area contributed by atoms with Crippen LogP contribution in [-0.2, 0) is 9.59 Å². The Balaban J connectivity index is 1.61. The molecule has 140 valence electrons. The van der Waals surface area contributed by atoms with Crippen LogP contribution in [0.3, 0.4) is 0 Å². The second-order valence-corrected chi connectivity index (χ2v) is 7.86. The van der Waals surface area contributed by atoms with Crippen molar-refractivity contribution in [1.82, 2.24) is 15.5 Å². The number of carbonyl (C=O) groups excluding carboxylic acids is 3. The molecule has 4 amide bonds. The van der Waals surface area contributed by atoms with Gasteiger partial charge in [-0.25, -0.2) is 4.79 Å². The van der Waals surface area contributed by atoms with Gasteiger partial charge in [0.1, 0.15) is 12.1 Å². The summed E-state index contributed by atoms with van der Waals surface area (Å²) in [6, 6.07) is 6.46. The van der Waals surface area contributed by atoms with E-state index < -0.39 is 11.6 Å². The van der Waals surface area contributed by atoms with Gasteiger partial charge in [0, 0.05) is 5.02 Å². The lowest BCUT2D eigenvalue weighted by atomic mass is 9.77. The first-order valence-corrected chi connectivity index (χ1v) is 9.37. The van der Waals surface area contributed by atoms with E-state index in [1.165, 1.54) is 0 Å². The minimum atomic E-state index is -0.814. The summed E-state index contributed by atoms with van der Waals surface area (Å²) in [5.74, 6) is -0.0798. The Morgan fingerprint density at radius 2 is 1.92 bits per heavy atom. The van der Waals surface area contributed by atoms with E-state index >= 15 is 0 Å². The van der Waals surface area contributed by atoms with Crippen LogP contribution >= 0.6 is 11.6 Å². The molecule has 1 heterocycles. The highest BCUT2D eigenvalue weighted by Gasteiger charge is 2.52. The Bertz CT molecular complexity index is 711. The molecule has 1 aromatic rings. The SMILES string of the molecule is CC1CCC2(CC1)NC(=O)N(CC(=O)N[C@@H](C)c1ccc(Cl)cc1)C2=O. The number of rotatable bonds is 4. The van der Waals surface area contributed by atoms with E-state index in [-0.39, 0.29) is 24.4 Å². The molecule has 6 nitrogen and oxygen atoms in total. The molecule has 1 atom stereocenters.